The van der Waals surface area contributed by atoms with E-state index in [0.29, 0.717) is 34.9 Å². The molecule has 2 amide bonds. The number of ether oxygens (including phenoxy) is 3. The van der Waals surface area contributed by atoms with Crippen molar-refractivity contribution in [2.75, 3.05) is 39.4 Å². The van der Waals surface area contributed by atoms with Crippen LogP contribution in [0.1, 0.15) is 25.5 Å². The summed E-state index contributed by atoms with van der Waals surface area (Å²) >= 11 is 1.70. The Bertz CT molecular complexity index is 735. The van der Waals surface area contributed by atoms with E-state index in [0.717, 1.165) is 11.5 Å². The van der Waals surface area contributed by atoms with Crippen LogP contribution in [0.3, 0.4) is 0 Å². The number of hydrogen-bond donors (Lipinski definition) is 1. The molecule has 0 aliphatic carbocycles. The number of amides is 2. The highest BCUT2D eigenvalue weighted by Crippen LogP contribution is 2.37. The fourth-order valence-electron chi connectivity index (χ4n) is 2.81. The molecule has 0 aromatic heterocycles. The van der Waals surface area contributed by atoms with Gasteiger partial charge in [0.05, 0.1) is 25.8 Å². The van der Waals surface area contributed by atoms with E-state index in [9.17, 15) is 9.59 Å². The molecule has 1 heterocycles. The van der Waals surface area contributed by atoms with Crippen molar-refractivity contribution in [2.45, 2.75) is 19.9 Å². The third-order valence-electron chi connectivity index (χ3n) is 4.39. The monoisotopic (exact) mass is 394 g/mol. The molecule has 1 aromatic carbocycles. The first-order chi connectivity index (χ1) is 12.9. The van der Waals surface area contributed by atoms with Crippen LogP contribution in [0.5, 0.6) is 11.5 Å². The van der Waals surface area contributed by atoms with Gasteiger partial charge in [0.15, 0.2) is 0 Å². The number of thioether (sulfide) groups is 1. The smallest absolute Gasteiger partial charge is 0.338 e. The first-order valence-corrected chi connectivity index (χ1v) is 9.81. The third-order valence-corrected chi connectivity index (χ3v) is 5.25. The Morgan fingerprint density at radius 3 is 2.67 bits per heavy atom. The summed E-state index contributed by atoms with van der Waals surface area (Å²) in [5.41, 5.74) is 1.56. The fraction of sp³-hybridized carbons (Fsp3) is 0.474. The molecule has 8 heteroatoms. The number of carbonyl (C=O) groups is 2. The van der Waals surface area contributed by atoms with Crippen LogP contribution in [0.4, 0.5) is 4.79 Å². The molecule has 1 aliphatic heterocycles. The van der Waals surface area contributed by atoms with Gasteiger partial charge in [-0.05, 0) is 30.9 Å². The average molecular weight is 394 g/mol. The van der Waals surface area contributed by atoms with Gasteiger partial charge >= 0.3 is 12.0 Å². The number of rotatable bonds is 8. The van der Waals surface area contributed by atoms with E-state index in [-0.39, 0.29) is 6.03 Å². The molecule has 1 N–H and O–H groups in total. The molecule has 0 fully saturated rings. The minimum absolute atomic E-state index is 0.305. The second-order valence-electron chi connectivity index (χ2n) is 5.88. The highest BCUT2D eigenvalue weighted by atomic mass is 32.2. The van der Waals surface area contributed by atoms with Gasteiger partial charge in [-0.25, -0.2) is 9.59 Å². The number of allylic oxidation sites excluding steroid dienone is 1. The van der Waals surface area contributed by atoms with Gasteiger partial charge in [0, 0.05) is 24.1 Å². The normalized spacial score (nSPS) is 16.9. The van der Waals surface area contributed by atoms with Crippen LogP contribution in [0.2, 0.25) is 0 Å². The first kappa shape index (κ1) is 21.0. The Morgan fingerprint density at radius 1 is 1.30 bits per heavy atom. The lowest BCUT2D eigenvalue weighted by Crippen LogP contribution is -2.46. The Hall–Kier alpha value is -2.35. The van der Waals surface area contributed by atoms with E-state index >= 15 is 0 Å². The number of carbonyl (C=O) groups excluding carboxylic acids is 2. The zero-order valence-corrected chi connectivity index (χ0v) is 17.1. The lowest BCUT2D eigenvalue weighted by Gasteiger charge is -2.33. The number of nitrogens with zero attached hydrogens (tertiary/aromatic N) is 1. The Kier molecular flexibility index (Phi) is 7.41. The van der Waals surface area contributed by atoms with E-state index in [1.54, 1.807) is 58.2 Å². The molecule has 0 unspecified atom stereocenters. The number of hydrogen-bond acceptors (Lipinski definition) is 6. The Balaban J connectivity index is 2.43. The van der Waals surface area contributed by atoms with Crippen molar-refractivity contribution in [2.24, 2.45) is 0 Å². The summed E-state index contributed by atoms with van der Waals surface area (Å²) in [4.78, 5) is 26.6. The van der Waals surface area contributed by atoms with E-state index in [1.807, 2.05) is 0 Å². The zero-order chi connectivity index (χ0) is 20.0. The molecule has 1 aliphatic rings. The van der Waals surface area contributed by atoms with Crippen molar-refractivity contribution in [3.05, 3.63) is 35.0 Å². The van der Waals surface area contributed by atoms with Crippen LogP contribution in [-0.4, -0.2) is 56.3 Å². The Morgan fingerprint density at radius 2 is 2.04 bits per heavy atom. The molecule has 148 valence electrons. The summed E-state index contributed by atoms with van der Waals surface area (Å²) in [6.07, 6.45) is 0. The minimum atomic E-state index is -0.690. The molecule has 0 spiro atoms. The van der Waals surface area contributed by atoms with Crippen molar-refractivity contribution >= 4 is 23.8 Å². The molecule has 0 bridgehead atoms. The second kappa shape index (κ2) is 9.55. The van der Waals surface area contributed by atoms with Crippen molar-refractivity contribution in [3.8, 4) is 11.5 Å². The highest BCUT2D eigenvalue weighted by Gasteiger charge is 2.36. The van der Waals surface area contributed by atoms with Gasteiger partial charge in [-0.3, -0.25) is 0 Å². The predicted octanol–water partition coefficient (Wildman–Crippen LogP) is 2.97. The molecular formula is C19H26N2O5S. The van der Waals surface area contributed by atoms with E-state index < -0.39 is 12.0 Å². The standard InChI is InChI=1S/C19H26N2O5S/c1-6-27-10-9-26-18(22)16-12(2)21(3)19(23)20-17(16)14-11-13(24-4)7-8-15(14)25-5/h7-8,11,17H,6,9-10H2,1-5H3,(H,20,23)/t17-/m1/s1. The summed E-state index contributed by atoms with van der Waals surface area (Å²) in [5.74, 6) is 2.38. The summed E-state index contributed by atoms with van der Waals surface area (Å²) in [6.45, 7) is 4.10. The maximum Gasteiger partial charge on any atom is 0.338 e. The van der Waals surface area contributed by atoms with Gasteiger partial charge in [-0.2, -0.15) is 11.8 Å². The maximum atomic E-state index is 12.8. The molecule has 1 atom stereocenters. The van der Waals surface area contributed by atoms with Gasteiger partial charge in [0.25, 0.3) is 0 Å². The van der Waals surface area contributed by atoms with E-state index in [2.05, 4.69) is 12.2 Å². The quantitative estimate of drug-likeness (QED) is 0.540. The summed E-state index contributed by atoms with van der Waals surface area (Å²) in [6, 6.07) is 4.26. The molecule has 2 rings (SSSR count). The second-order valence-corrected chi connectivity index (χ2v) is 7.28. The SMILES string of the molecule is CCSCCOC(=O)C1=C(C)N(C)C(=O)N[C@@H]1c1cc(OC)ccc1OC. The minimum Gasteiger partial charge on any atom is -0.497 e. The Labute approximate surface area is 164 Å². The lowest BCUT2D eigenvalue weighted by atomic mass is 9.94. The maximum absolute atomic E-state index is 12.8. The van der Waals surface area contributed by atoms with Gasteiger partial charge in [-0.1, -0.05) is 6.92 Å². The number of esters is 1. The number of methoxy groups -OCH3 is 2. The lowest BCUT2D eigenvalue weighted by molar-refractivity contribution is -0.139. The molecule has 0 saturated carbocycles. The van der Waals surface area contributed by atoms with Crippen LogP contribution >= 0.6 is 11.8 Å². The first-order valence-electron chi connectivity index (χ1n) is 8.66. The topological polar surface area (TPSA) is 77.1 Å². The van der Waals surface area contributed by atoms with Gasteiger partial charge < -0.3 is 24.4 Å². The van der Waals surface area contributed by atoms with Crippen molar-refractivity contribution in [3.63, 3.8) is 0 Å². The van der Waals surface area contributed by atoms with Crippen LogP contribution in [-0.2, 0) is 9.53 Å². The van der Waals surface area contributed by atoms with Crippen molar-refractivity contribution < 1.29 is 23.8 Å². The van der Waals surface area contributed by atoms with Gasteiger partial charge in [0.1, 0.15) is 18.1 Å². The van der Waals surface area contributed by atoms with Crippen LogP contribution < -0.4 is 14.8 Å². The average Bonchev–Trinajstić information content (AvgIpc) is 2.68. The molecular weight excluding hydrogens is 368 g/mol. The molecule has 0 radical (unpaired) electrons. The molecule has 1 aromatic rings. The molecule has 0 saturated heterocycles. The van der Waals surface area contributed by atoms with E-state index in [1.165, 1.54) is 4.90 Å². The van der Waals surface area contributed by atoms with Gasteiger partial charge in [-0.15, -0.1) is 0 Å². The summed E-state index contributed by atoms with van der Waals surface area (Å²) in [5, 5.41) is 2.86. The predicted molar refractivity (Wildman–Crippen MR) is 105 cm³/mol. The van der Waals surface area contributed by atoms with Crippen molar-refractivity contribution in [1.82, 2.24) is 10.2 Å². The van der Waals surface area contributed by atoms with Gasteiger partial charge in [0.2, 0.25) is 0 Å². The van der Waals surface area contributed by atoms with Crippen LogP contribution in [0.25, 0.3) is 0 Å². The number of benzene rings is 1. The van der Waals surface area contributed by atoms with Crippen molar-refractivity contribution in [1.29, 1.82) is 0 Å². The fourth-order valence-corrected chi connectivity index (χ4v) is 3.30. The highest BCUT2D eigenvalue weighted by molar-refractivity contribution is 7.99. The van der Waals surface area contributed by atoms with E-state index in [4.69, 9.17) is 14.2 Å². The number of nitrogens with one attached hydrogen (secondary N) is 1. The largest absolute Gasteiger partial charge is 0.497 e. The zero-order valence-electron chi connectivity index (χ0n) is 16.3. The number of urea groups is 1. The van der Waals surface area contributed by atoms with Crippen LogP contribution in [0, 0.1) is 0 Å². The summed E-state index contributed by atoms with van der Waals surface area (Å²) in [7, 11) is 4.71. The molecule has 7 nitrogen and oxygen atoms in total. The summed E-state index contributed by atoms with van der Waals surface area (Å²) < 4.78 is 16.2. The third kappa shape index (κ3) is 4.68. The van der Waals surface area contributed by atoms with Crippen LogP contribution in [0.15, 0.2) is 29.5 Å². The molecule has 27 heavy (non-hydrogen) atoms.